The highest BCUT2D eigenvalue weighted by Gasteiger charge is 2.26. The Kier molecular flexibility index (Phi) is 4.03. The van der Waals surface area contributed by atoms with Crippen molar-refractivity contribution in [2.75, 3.05) is 12.8 Å². The molecule has 0 amide bonds. The quantitative estimate of drug-likeness (QED) is 0.879. The lowest BCUT2D eigenvalue weighted by atomic mass is 10.3. The molecule has 5 nitrogen and oxygen atoms in total. The van der Waals surface area contributed by atoms with E-state index in [1.807, 2.05) is 0 Å². The maximum absolute atomic E-state index is 13.9. The van der Waals surface area contributed by atoms with Crippen LogP contribution in [0.1, 0.15) is 5.56 Å². The number of anilines is 1. The number of sulfonamides is 1. The number of nitrogen functional groups attached to an aromatic ring is 1. The van der Waals surface area contributed by atoms with E-state index >= 15 is 0 Å². The third-order valence-corrected chi connectivity index (χ3v) is 4.77. The smallest absolute Gasteiger partial charge is 0.246 e. The van der Waals surface area contributed by atoms with Crippen molar-refractivity contribution in [3.05, 3.63) is 47.1 Å². The summed E-state index contributed by atoms with van der Waals surface area (Å²) in [5.41, 5.74) is 6.23. The molecule has 8 heteroatoms. The largest absolute Gasteiger partial charge is 0.472 e. The number of hydrogen-bond donors (Lipinski definition) is 1. The van der Waals surface area contributed by atoms with Crippen molar-refractivity contribution in [1.29, 1.82) is 0 Å². The van der Waals surface area contributed by atoms with Crippen molar-refractivity contribution in [2.24, 2.45) is 0 Å². The Balaban J connectivity index is 2.40. The van der Waals surface area contributed by atoms with Gasteiger partial charge in [-0.15, -0.1) is 0 Å². The summed E-state index contributed by atoms with van der Waals surface area (Å²) >= 11 is 5.62. The first-order valence-corrected chi connectivity index (χ1v) is 7.36. The maximum atomic E-state index is 13.9. The van der Waals surface area contributed by atoms with Gasteiger partial charge >= 0.3 is 0 Å². The first-order chi connectivity index (χ1) is 9.32. The highest BCUT2D eigenvalue weighted by molar-refractivity contribution is 7.89. The second-order valence-electron chi connectivity index (χ2n) is 4.21. The fourth-order valence-electron chi connectivity index (χ4n) is 1.66. The van der Waals surface area contributed by atoms with Gasteiger partial charge in [0.2, 0.25) is 10.0 Å². The zero-order valence-corrected chi connectivity index (χ0v) is 12.1. The lowest BCUT2D eigenvalue weighted by molar-refractivity contribution is 0.457. The van der Waals surface area contributed by atoms with E-state index in [-0.39, 0.29) is 17.3 Å². The first-order valence-electron chi connectivity index (χ1n) is 5.54. The Morgan fingerprint density at radius 1 is 1.45 bits per heavy atom. The molecule has 108 valence electrons. The molecule has 0 bridgehead atoms. The minimum absolute atomic E-state index is 0.0463. The molecule has 0 aliphatic rings. The summed E-state index contributed by atoms with van der Waals surface area (Å²) in [6.45, 7) is 0.0463. The van der Waals surface area contributed by atoms with Gasteiger partial charge in [-0.05, 0) is 18.2 Å². The van der Waals surface area contributed by atoms with Crippen LogP contribution in [-0.2, 0) is 16.6 Å². The fourth-order valence-corrected chi connectivity index (χ4v) is 3.22. The van der Waals surface area contributed by atoms with Gasteiger partial charge in [0.25, 0.3) is 0 Å². The molecule has 0 aliphatic heterocycles. The van der Waals surface area contributed by atoms with Crippen LogP contribution in [-0.4, -0.2) is 19.8 Å². The van der Waals surface area contributed by atoms with Crippen LogP contribution in [0.15, 0.2) is 40.0 Å². The normalized spacial score (nSPS) is 12.0. The molecule has 0 fully saturated rings. The monoisotopic (exact) mass is 318 g/mol. The fraction of sp³-hybridized carbons (Fsp3) is 0.167. The summed E-state index contributed by atoms with van der Waals surface area (Å²) in [5, 5.41) is -0.333. The molecule has 0 radical (unpaired) electrons. The van der Waals surface area contributed by atoms with Crippen molar-refractivity contribution in [1.82, 2.24) is 4.31 Å². The van der Waals surface area contributed by atoms with Crippen LogP contribution in [0.2, 0.25) is 5.02 Å². The number of rotatable bonds is 4. The van der Waals surface area contributed by atoms with Crippen LogP contribution in [0.5, 0.6) is 0 Å². The van der Waals surface area contributed by atoms with E-state index < -0.39 is 20.7 Å². The van der Waals surface area contributed by atoms with Crippen molar-refractivity contribution in [3.8, 4) is 0 Å². The van der Waals surface area contributed by atoms with Crippen LogP contribution in [0.3, 0.4) is 0 Å². The molecular formula is C12H12ClFN2O3S. The Morgan fingerprint density at radius 3 is 2.75 bits per heavy atom. The molecule has 2 N–H and O–H groups in total. The Labute approximate surface area is 120 Å². The van der Waals surface area contributed by atoms with E-state index in [1.54, 1.807) is 6.07 Å². The lowest BCUT2D eigenvalue weighted by Gasteiger charge is -2.17. The Hall–Kier alpha value is -1.57. The average molecular weight is 319 g/mol. The van der Waals surface area contributed by atoms with E-state index in [0.29, 0.717) is 5.56 Å². The second-order valence-corrected chi connectivity index (χ2v) is 6.63. The van der Waals surface area contributed by atoms with Gasteiger partial charge < -0.3 is 10.2 Å². The van der Waals surface area contributed by atoms with Crippen molar-refractivity contribution in [2.45, 2.75) is 11.4 Å². The van der Waals surface area contributed by atoms with Crippen molar-refractivity contribution < 1.29 is 17.2 Å². The molecule has 0 saturated heterocycles. The van der Waals surface area contributed by atoms with Crippen LogP contribution >= 0.6 is 11.6 Å². The van der Waals surface area contributed by atoms with Gasteiger partial charge in [-0.3, -0.25) is 0 Å². The zero-order valence-electron chi connectivity index (χ0n) is 10.5. The van der Waals surface area contributed by atoms with Gasteiger partial charge in [-0.25, -0.2) is 12.8 Å². The van der Waals surface area contributed by atoms with Gasteiger partial charge in [-0.1, -0.05) is 11.6 Å². The van der Waals surface area contributed by atoms with E-state index in [9.17, 15) is 12.8 Å². The molecule has 20 heavy (non-hydrogen) atoms. The average Bonchev–Trinajstić information content (AvgIpc) is 2.86. The van der Waals surface area contributed by atoms with Crippen LogP contribution in [0, 0.1) is 5.82 Å². The number of benzene rings is 1. The molecule has 0 atom stereocenters. The summed E-state index contributed by atoms with van der Waals surface area (Å²) in [5.74, 6) is -1.01. The minimum Gasteiger partial charge on any atom is -0.472 e. The summed E-state index contributed by atoms with van der Waals surface area (Å²) in [4.78, 5) is -0.548. The topological polar surface area (TPSA) is 76.5 Å². The van der Waals surface area contributed by atoms with Gasteiger partial charge in [0, 0.05) is 24.8 Å². The number of furan rings is 1. The summed E-state index contributed by atoms with van der Waals surface area (Å²) in [6.07, 6.45) is 2.84. The number of nitrogens with two attached hydrogens (primary N) is 1. The van der Waals surface area contributed by atoms with Crippen LogP contribution in [0.4, 0.5) is 10.1 Å². The molecule has 0 unspecified atom stereocenters. The SMILES string of the molecule is CN(Cc1ccoc1)S(=O)(=O)c1cc(N)cc(Cl)c1F. The third kappa shape index (κ3) is 2.79. The lowest BCUT2D eigenvalue weighted by Crippen LogP contribution is -2.27. The predicted octanol–water partition coefficient (Wildman–Crippen LogP) is 2.48. The highest BCUT2D eigenvalue weighted by Crippen LogP contribution is 2.28. The molecule has 1 aromatic heterocycles. The first kappa shape index (κ1) is 14.8. The zero-order chi connectivity index (χ0) is 14.9. The molecule has 2 aromatic rings. The summed E-state index contributed by atoms with van der Waals surface area (Å²) in [7, 11) is -2.71. The van der Waals surface area contributed by atoms with Gasteiger partial charge in [-0.2, -0.15) is 4.31 Å². The molecule has 0 aliphatic carbocycles. The standard InChI is InChI=1S/C12H12ClFN2O3S/c1-16(6-8-2-3-19-7-8)20(17,18)11-5-9(15)4-10(13)12(11)14/h2-5,7H,6,15H2,1H3. The number of nitrogens with zero attached hydrogens (tertiary/aromatic N) is 1. The van der Waals surface area contributed by atoms with Crippen LogP contribution < -0.4 is 5.73 Å². The van der Waals surface area contributed by atoms with E-state index in [2.05, 4.69) is 0 Å². The highest BCUT2D eigenvalue weighted by atomic mass is 35.5. The molecule has 2 rings (SSSR count). The van der Waals surface area contributed by atoms with E-state index in [4.69, 9.17) is 21.8 Å². The number of hydrogen-bond acceptors (Lipinski definition) is 4. The molecule has 0 spiro atoms. The Morgan fingerprint density at radius 2 is 2.15 bits per heavy atom. The predicted molar refractivity (Wildman–Crippen MR) is 73.2 cm³/mol. The van der Waals surface area contributed by atoms with Gasteiger partial charge in [0.1, 0.15) is 4.90 Å². The summed E-state index contributed by atoms with van der Waals surface area (Å²) < 4.78 is 44.4. The minimum atomic E-state index is -4.04. The van der Waals surface area contributed by atoms with E-state index in [1.165, 1.54) is 19.6 Å². The van der Waals surface area contributed by atoms with Gasteiger partial charge in [0.05, 0.1) is 17.5 Å². The van der Waals surface area contributed by atoms with Gasteiger partial charge in [0.15, 0.2) is 5.82 Å². The second kappa shape index (κ2) is 5.43. The molecular weight excluding hydrogens is 307 g/mol. The third-order valence-electron chi connectivity index (χ3n) is 2.69. The maximum Gasteiger partial charge on any atom is 0.246 e. The van der Waals surface area contributed by atoms with Crippen molar-refractivity contribution >= 4 is 27.3 Å². The van der Waals surface area contributed by atoms with E-state index in [0.717, 1.165) is 16.4 Å². The van der Waals surface area contributed by atoms with Crippen molar-refractivity contribution in [3.63, 3.8) is 0 Å². The molecule has 1 heterocycles. The summed E-state index contributed by atoms with van der Waals surface area (Å²) in [6, 6.07) is 3.82. The number of halogens is 2. The van der Waals surface area contributed by atoms with Crippen LogP contribution in [0.25, 0.3) is 0 Å². The molecule has 1 aromatic carbocycles. The Bertz CT molecular complexity index is 717. The molecule has 0 saturated carbocycles.